The summed E-state index contributed by atoms with van der Waals surface area (Å²) in [6.07, 6.45) is 3.18. The van der Waals surface area contributed by atoms with Crippen molar-refractivity contribution in [2.24, 2.45) is 5.92 Å². The molecule has 0 spiro atoms. The predicted octanol–water partition coefficient (Wildman–Crippen LogP) is 4.74. The molecule has 2 aliphatic rings. The second kappa shape index (κ2) is 10.6. The Kier molecular flexibility index (Phi) is 7.99. The fraction of sp³-hybridized carbons (Fsp3) is 0.333. The molecule has 1 fully saturated rings. The van der Waals surface area contributed by atoms with Crippen LogP contribution in [0.5, 0.6) is 0 Å². The summed E-state index contributed by atoms with van der Waals surface area (Å²) in [5.41, 5.74) is -0.513. The molecule has 2 amide bonds. The van der Waals surface area contributed by atoms with Gasteiger partial charge in [0.15, 0.2) is 9.84 Å². The number of alkyl halides is 3. The highest BCUT2D eigenvalue weighted by molar-refractivity contribution is 7.90. The maximum Gasteiger partial charge on any atom is 0.416 e. The first-order chi connectivity index (χ1) is 16.4. The Morgan fingerprint density at radius 3 is 2.43 bits per heavy atom. The van der Waals surface area contributed by atoms with E-state index in [1.165, 1.54) is 12.1 Å². The van der Waals surface area contributed by atoms with E-state index in [0.717, 1.165) is 37.7 Å². The standard InChI is InChI=1S/C12H11F4NO.C12H13NO3S.H2/c13-10-5-8(12(14,15)16)3-4-9(10)11(17-6-18)7-1-2-7;1-17(15,16)11-6-4-5-10(9-11)12(14)13-7-2-3-8-13;/h3-7,11H,1-2H2,(H,17,18);2,4-7,9H,3,8H2,1H3;1H/t11-;;/m1../s1. The lowest BCUT2D eigenvalue weighted by Crippen LogP contribution is -2.23. The number of rotatable bonds is 6. The van der Waals surface area contributed by atoms with Crippen LogP contribution in [0, 0.1) is 11.7 Å². The molecule has 11 heteroatoms. The summed E-state index contributed by atoms with van der Waals surface area (Å²) in [7, 11) is -3.27. The Bertz CT molecular complexity index is 1230. The molecular formula is C24H26F4N2O4S. The molecule has 2 aromatic rings. The predicted molar refractivity (Wildman–Crippen MR) is 123 cm³/mol. The molecule has 0 unspecified atom stereocenters. The number of sulfone groups is 1. The van der Waals surface area contributed by atoms with Crippen molar-refractivity contribution in [2.75, 3.05) is 12.8 Å². The lowest BCUT2D eigenvalue weighted by Gasteiger charge is -2.17. The number of benzene rings is 2. The molecule has 0 saturated heterocycles. The molecule has 1 N–H and O–H groups in total. The summed E-state index contributed by atoms with van der Waals surface area (Å²) in [6.45, 7) is 0.655. The maximum atomic E-state index is 13.7. The van der Waals surface area contributed by atoms with Crippen LogP contribution in [0.15, 0.2) is 59.6 Å². The van der Waals surface area contributed by atoms with E-state index < -0.39 is 33.4 Å². The number of hydrogen-bond acceptors (Lipinski definition) is 4. The summed E-state index contributed by atoms with van der Waals surface area (Å²) in [5, 5.41) is 2.46. The van der Waals surface area contributed by atoms with Gasteiger partial charge in [-0.25, -0.2) is 12.8 Å². The van der Waals surface area contributed by atoms with E-state index in [0.29, 0.717) is 24.6 Å². The third-order valence-corrected chi connectivity index (χ3v) is 6.71. The van der Waals surface area contributed by atoms with E-state index in [2.05, 4.69) is 5.32 Å². The minimum Gasteiger partial charge on any atom is -0.351 e. The van der Waals surface area contributed by atoms with Gasteiger partial charge >= 0.3 is 6.18 Å². The molecule has 4 rings (SSSR count). The van der Waals surface area contributed by atoms with Gasteiger partial charge < -0.3 is 10.2 Å². The van der Waals surface area contributed by atoms with Crippen molar-refractivity contribution >= 4 is 22.2 Å². The normalized spacial score (nSPS) is 16.3. The van der Waals surface area contributed by atoms with Crippen LogP contribution in [0.4, 0.5) is 17.6 Å². The Labute approximate surface area is 202 Å². The maximum absolute atomic E-state index is 13.7. The third-order valence-electron chi connectivity index (χ3n) is 5.60. The van der Waals surface area contributed by atoms with Crippen LogP contribution in [-0.4, -0.2) is 38.4 Å². The molecule has 1 saturated carbocycles. The average molecular weight is 515 g/mol. The molecule has 0 aromatic heterocycles. The van der Waals surface area contributed by atoms with Crippen molar-refractivity contribution in [2.45, 2.75) is 36.4 Å². The van der Waals surface area contributed by atoms with E-state index >= 15 is 0 Å². The van der Waals surface area contributed by atoms with E-state index in [4.69, 9.17) is 0 Å². The minimum absolute atomic E-state index is 0. The number of nitrogens with zero attached hydrogens (tertiary/aromatic N) is 1. The van der Waals surface area contributed by atoms with Crippen molar-refractivity contribution in [3.8, 4) is 0 Å². The summed E-state index contributed by atoms with van der Waals surface area (Å²) in [6, 6.07) is 7.99. The third kappa shape index (κ3) is 6.91. The molecule has 6 nitrogen and oxygen atoms in total. The number of amides is 2. The van der Waals surface area contributed by atoms with E-state index in [1.807, 2.05) is 6.08 Å². The lowest BCUT2D eigenvalue weighted by molar-refractivity contribution is -0.137. The van der Waals surface area contributed by atoms with Crippen LogP contribution in [-0.2, 0) is 20.8 Å². The second-order valence-electron chi connectivity index (χ2n) is 8.31. The van der Waals surface area contributed by atoms with Gasteiger partial charge in [-0.15, -0.1) is 0 Å². The van der Waals surface area contributed by atoms with Crippen molar-refractivity contribution in [3.63, 3.8) is 0 Å². The van der Waals surface area contributed by atoms with Gasteiger partial charge in [0.2, 0.25) is 6.41 Å². The molecule has 1 atom stereocenters. The van der Waals surface area contributed by atoms with Crippen LogP contribution in [0.2, 0.25) is 0 Å². The average Bonchev–Trinajstić information content (AvgIpc) is 3.49. The van der Waals surface area contributed by atoms with Gasteiger partial charge in [0.25, 0.3) is 5.91 Å². The molecule has 1 aliphatic carbocycles. The first kappa shape index (κ1) is 26.4. The van der Waals surface area contributed by atoms with Crippen molar-refractivity contribution in [1.29, 1.82) is 0 Å². The molecule has 0 bridgehead atoms. The van der Waals surface area contributed by atoms with E-state index in [-0.39, 0.29) is 23.7 Å². The van der Waals surface area contributed by atoms with E-state index in [1.54, 1.807) is 23.2 Å². The largest absolute Gasteiger partial charge is 0.416 e. The summed E-state index contributed by atoms with van der Waals surface area (Å²) in [5.74, 6) is -0.984. The molecule has 0 radical (unpaired) electrons. The fourth-order valence-electron chi connectivity index (χ4n) is 3.62. The molecule has 2 aromatic carbocycles. The Hall–Kier alpha value is -3.21. The monoisotopic (exact) mass is 514 g/mol. The highest BCUT2D eigenvalue weighted by Gasteiger charge is 2.36. The highest BCUT2D eigenvalue weighted by Crippen LogP contribution is 2.42. The number of carbonyl (C=O) groups is 2. The number of halogens is 4. The Balaban J connectivity index is 0.000000247. The zero-order valence-corrected chi connectivity index (χ0v) is 19.6. The van der Waals surface area contributed by atoms with Crippen LogP contribution in [0.25, 0.3) is 0 Å². The first-order valence-corrected chi connectivity index (χ1v) is 12.6. The quantitative estimate of drug-likeness (QED) is 0.446. The van der Waals surface area contributed by atoms with Gasteiger partial charge in [0, 0.05) is 31.6 Å². The molecule has 35 heavy (non-hydrogen) atoms. The van der Waals surface area contributed by atoms with Crippen LogP contribution < -0.4 is 5.32 Å². The zero-order valence-electron chi connectivity index (χ0n) is 18.8. The molecule has 1 heterocycles. The van der Waals surface area contributed by atoms with Gasteiger partial charge in [0.1, 0.15) is 5.82 Å². The van der Waals surface area contributed by atoms with Crippen LogP contribution in [0.1, 0.15) is 48.2 Å². The first-order valence-electron chi connectivity index (χ1n) is 10.8. The summed E-state index contributed by atoms with van der Waals surface area (Å²) in [4.78, 5) is 24.2. The number of carbonyl (C=O) groups excluding carboxylic acids is 2. The second-order valence-corrected chi connectivity index (χ2v) is 10.3. The van der Waals surface area contributed by atoms with Gasteiger partial charge in [-0.2, -0.15) is 13.2 Å². The Morgan fingerprint density at radius 1 is 1.20 bits per heavy atom. The van der Waals surface area contributed by atoms with Crippen molar-refractivity contribution in [1.82, 2.24) is 10.2 Å². The van der Waals surface area contributed by atoms with Gasteiger partial charge in [-0.05, 0) is 55.5 Å². The highest BCUT2D eigenvalue weighted by atomic mass is 32.2. The van der Waals surface area contributed by atoms with E-state index in [9.17, 15) is 35.6 Å². The minimum atomic E-state index is -4.56. The molecule has 1 aliphatic heterocycles. The van der Waals surface area contributed by atoms with Crippen molar-refractivity contribution < 1.29 is 37.0 Å². The topological polar surface area (TPSA) is 83.6 Å². The lowest BCUT2D eigenvalue weighted by atomic mass is 10.00. The Morgan fingerprint density at radius 2 is 1.91 bits per heavy atom. The molecular weight excluding hydrogens is 488 g/mol. The molecule has 190 valence electrons. The summed E-state index contributed by atoms with van der Waals surface area (Å²) >= 11 is 0. The fourth-order valence-corrected chi connectivity index (χ4v) is 4.29. The number of hydrogen-bond donors (Lipinski definition) is 1. The SMILES string of the molecule is CS(=O)(=O)c1cccc(C(=O)N2C=CCC2)c1.O=CN[C@@H](c1ccc(C(F)(F)F)cc1F)C1CC1.[HH]. The number of nitrogens with one attached hydrogen (secondary N) is 1. The van der Waals surface area contributed by atoms with Crippen LogP contribution >= 0.6 is 0 Å². The van der Waals surface area contributed by atoms with Gasteiger partial charge in [0.05, 0.1) is 16.5 Å². The van der Waals surface area contributed by atoms with Crippen LogP contribution in [0.3, 0.4) is 0 Å². The van der Waals surface area contributed by atoms with Gasteiger partial charge in [-0.1, -0.05) is 18.2 Å². The smallest absolute Gasteiger partial charge is 0.351 e. The van der Waals surface area contributed by atoms with Crippen molar-refractivity contribution in [3.05, 3.63) is 77.2 Å². The zero-order chi connectivity index (χ0) is 25.8. The van der Waals surface area contributed by atoms with Gasteiger partial charge in [-0.3, -0.25) is 9.59 Å². The summed E-state index contributed by atoms with van der Waals surface area (Å²) < 4.78 is 73.6.